The van der Waals surface area contributed by atoms with Gasteiger partial charge >= 0.3 is 0 Å². The molecule has 2 heterocycles. The molecule has 146 valence electrons. The number of nitrogens with one attached hydrogen (secondary N) is 2. The van der Waals surface area contributed by atoms with Crippen molar-refractivity contribution in [2.75, 3.05) is 11.9 Å². The van der Waals surface area contributed by atoms with E-state index in [2.05, 4.69) is 22.5 Å². The number of para-hydroxylation sites is 1. The number of rotatable bonds is 7. The molecule has 0 saturated carbocycles. The highest BCUT2D eigenvalue weighted by Crippen LogP contribution is 2.24. The highest BCUT2D eigenvalue weighted by molar-refractivity contribution is 7.08. The number of halogens is 2. The van der Waals surface area contributed by atoms with E-state index in [-0.39, 0.29) is 37.1 Å². The zero-order valence-electron chi connectivity index (χ0n) is 15.2. The van der Waals surface area contributed by atoms with Gasteiger partial charge in [0.05, 0.1) is 12.1 Å². The summed E-state index contributed by atoms with van der Waals surface area (Å²) in [6.07, 6.45) is 0.189. The van der Waals surface area contributed by atoms with Crippen LogP contribution in [0.25, 0.3) is 11.5 Å². The van der Waals surface area contributed by atoms with Crippen molar-refractivity contribution in [2.45, 2.75) is 26.8 Å². The summed E-state index contributed by atoms with van der Waals surface area (Å²) in [6, 6.07) is 9.76. The van der Waals surface area contributed by atoms with E-state index in [0.29, 0.717) is 17.3 Å². The zero-order valence-corrected chi connectivity index (χ0v) is 17.6. The van der Waals surface area contributed by atoms with Crippen molar-refractivity contribution < 1.29 is 9.21 Å². The Hall–Kier alpha value is -1.86. The molecule has 0 bridgehead atoms. The Morgan fingerprint density at radius 2 is 2.00 bits per heavy atom. The third-order valence-corrected chi connectivity index (χ3v) is 4.53. The lowest BCUT2D eigenvalue weighted by atomic mass is 10.1. The highest BCUT2D eigenvalue weighted by atomic mass is 35.5. The minimum atomic E-state index is -0.0998. The maximum absolute atomic E-state index is 12.4. The summed E-state index contributed by atoms with van der Waals surface area (Å²) in [5.74, 6) is 1.14. The van der Waals surface area contributed by atoms with Gasteiger partial charge in [-0.1, -0.05) is 25.1 Å². The van der Waals surface area contributed by atoms with Gasteiger partial charge in [-0.15, -0.1) is 24.8 Å². The van der Waals surface area contributed by atoms with Gasteiger partial charge in [0, 0.05) is 23.2 Å². The molecular formula is C19H23Cl2N3O2S. The van der Waals surface area contributed by atoms with E-state index in [1.165, 1.54) is 0 Å². The minimum absolute atomic E-state index is 0. The average Bonchev–Trinajstić information content (AvgIpc) is 3.24. The molecule has 1 amide bonds. The van der Waals surface area contributed by atoms with Gasteiger partial charge < -0.3 is 15.1 Å². The first-order chi connectivity index (χ1) is 12.2. The number of carbonyl (C=O) groups excluding carboxylic acids is 1. The van der Waals surface area contributed by atoms with Crippen LogP contribution in [0.5, 0.6) is 0 Å². The molecule has 2 aromatic heterocycles. The number of carbonyl (C=O) groups is 1. The van der Waals surface area contributed by atoms with Gasteiger partial charge in [0.15, 0.2) is 0 Å². The van der Waals surface area contributed by atoms with Crippen LogP contribution in [0.15, 0.2) is 45.5 Å². The number of thiophene rings is 1. The maximum atomic E-state index is 12.4. The minimum Gasteiger partial charge on any atom is -0.441 e. The second-order valence-corrected chi connectivity index (χ2v) is 6.48. The molecule has 5 nitrogen and oxygen atoms in total. The summed E-state index contributed by atoms with van der Waals surface area (Å²) in [5.41, 5.74) is 3.50. The molecule has 0 fully saturated rings. The monoisotopic (exact) mass is 427 g/mol. The van der Waals surface area contributed by atoms with Crippen LogP contribution in [0.2, 0.25) is 0 Å². The molecule has 0 unspecified atom stereocenters. The SMILES string of the molecule is CCNCc1ccccc1NC(=O)Cc1nc(-c2ccsc2)oc1C.Cl.Cl. The van der Waals surface area contributed by atoms with E-state index in [0.717, 1.165) is 29.9 Å². The van der Waals surface area contributed by atoms with Gasteiger partial charge in [0.25, 0.3) is 0 Å². The van der Waals surface area contributed by atoms with Crippen molar-refractivity contribution in [3.63, 3.8) is 0 Å². The van der Waals surface area contributed by atoms with Crippen molar-refractivity contribution >= 4 is 47.7 Å². The standard InChI is InChI=1S/C19H21N3O2S.2ClH/c1-3-20-11-14-6-4-5-7-16(14)21-18(23)10-17-13(2)24-19(22-17)15-8-9-25-12-15;;/h4-9,12,20H,3,10-11H2,1-2H3,(H,21,23);2*1H. The quantitative estimate of drug-likeness (QED) is 0.565. The summed E-state index contributed by atoms with van der Waals surface area (Å²) in [7, 11) is 0. The summed E-state index contributed by atoms with van der Waals surface area (Å²) in [5, 5.41) is 10.2. The van der Waals surface area contributed by atoms with E-state index in [1.807, 2.05) is 48.0 Å². The second-order valence-electron chi connectivity index (χ2n) is 5.70. The lowest BCUT2D eigenvalue weighted by Gasteiger charge is -2.11. The topological polar surface area (TPSA) is 67.2 Å². The molecule has 0 aliphatic carbocycles. The highest BCUT2D eigenvalue weighted by Gasteiger charge is 2.15. The molecule has 3 rings (SSSR count). The first-order valence-corrected chi connectivity index (χ1v) is 9.19. The van der Waals surface area contributed by atoms with Crippen molar-refractivity contribution in [3.05, 3.63) is 58.1 Å². The molecule has 0 radical (unpaired) electrons. The Morgan fingerprint density at radius 3 is 2.70 bits per heavy atom. The average molecular weight is 428 g/mol. The van der Waals surface area contributed by atoms with Gasteiger partial charge in [-0.05, 0) is 36.5 Å². The third-order valence-electron chi connectivity index (χ3n) is 3.85. The van der Waals surface area contributed by atoms with E-state index >= 15 is 0 Å². The van der Waals surface area contributed by atoms with Gasteiger partial charge in [-0.25, -0.2) is 4.98 Å². The molecule has 0 aliphatic rings. The number of benzene rings is 1. The Bertz CT molecular complexity index is 851. The number of anilines is 1. The van der Waals surface area contributed by atoms with Crippen molar-refractivity contribution in [1.82, 2.24) is 10.3 Å². The normalized spacial score (nSPS) is 10.0. The molecule has 2 N–H and O–H groups in total. The predicted octanol–water partition coefficient (Wildman–Crippen LogP) is 4.85. The third kappa shape index (κ3) is 6.07. The number of hydrogen-bond donors (Lipinski definition) is 2. The van der Waals surface area contributed by atoms with Crippen molar-refractivity contribution in [3.8, 4) is 11.5 Å². The molecule has 27 heavy (non-hydrogen) atoms. The van der Waals surface area contributed by atoms with Crippen LogP contribution in [0.1, 0.15) is 23.9 Å². The summed E-state index contributed by atoms with van der Waals surface area (Å²) < 4.78 is 5.69. The number of aromatic nitrogens is 1. The van der Waals surface area contributed by atoms with Gasteiger partial charge in [0.1, 0.15) is 5.76 Å². The summed E-state index contributed by atoms with van der Waals surface area (Å²) in [4.78, 5) is 16.9. The van der Waals surface area contributed by atoms with Crippen LogP contribution in [0.3, 0.4) is 0 Å². The molecule has 0 atom stereocenters. The summed E-state index contributed by atoms with van der Waals surface area (Å²) >= 11 is 1.59. The molecule has 8 heteroatoms. The smallest absolute Gasteiger partial charge is 0.230 e. The van der Waals surface area contributed by atoms with E-state index in [4.69, 9.17) is 4.42 Å². The lowest BCUT2D eigenvalue weighted by Crippen LogP contribution is -2.18. The van der Waals surface area contributed by atoms with Crippen LogP contribution >= 0.6 is 36.2 Å². The van der Waals surface area contributed by atoms with E-state index < -0.39 is 0 Å². The second kappa shape index (κ2) is 11.1. The van der Waals surface area contributed by atoms with E-state index in [1.54, 1.807) is 11.3 Å². The first-order valence-electron chi connectivity index (χ1n) is 8.24. The number of oxazole rings is 1. The summed E-state index contributed by atoms with van der Waals surface area (Å²) in [6.45, 7) is 5.49. The fourth-order valence-electron chi connectivity index (χ4n) is 2.50. The van der Waals surface area contributed by atoms with Gasteiger partial charge in [-0.2, -0.15) is 11.3 Å². The molecule has 3 aromatic rings. The number of amides is 1. The Kier molecular flexibility index (Phi) is 9.52. The van der Waals surface area contributed by atoms with Crippen LogP contribution in [0, 0.1) is 6.92 Å². The Labute approximate surface area is 175 Å². The zero-order chi connectivity index (χ0) is 17.6. The fourth-order valence-corrected chi connectivity index (χ4v) is 3.13. The first kappa shape index (κ1) is 23.2. The van der Waals surface area contributed by atoms with Crippen LogP contribution in [0.4, 0.5) is 5.69 Å². The molecule has 1 aromatic carbocycles. The number of aryl methyl sites for hydroxylation is 1. The molecule has 0 spiro atoms. The van der Waals surface area contributed by atoms with Crippen LogP contribution < -0.4 is 10.6 Å². The van der Waals surface area contributed by atoms with Gasteiger partial charge in [0.2, 0.25) is 11.8 Å². The Balaban J connectivity index is 0.00000182. The van der Waals surface area contributed by atoms with Crippen LogP contribution in [-0.2, 0) is 17.8 Å². The molecule has 0 aliphatic heterocycles. The number of nitrogens with zero attached hydrogens (tertiary/aromatic N) is 1. The largest absolute Gasteiger partial charge is 0.441 e. The fraction of sp³-hybridized carbons (Fsp3) is 0.263. The molecule has 0 saturated heterocycles. The van der Waals surface area contributed by atoms with Crippen molar-refractivity contribution in [2.24, 2.45) is 0 Å². The van der Waals surface area contributed by atoms with E-state index in [9.17, 15) is 4.79 Å². The Morgan fingerprint density at radius 1 is 1.22 bits per heavy atom. The van der Waals surface area contributed by atoms with Crippen molar-refractivity contribution in [1.29, 1.82) is 0 Å². The predicted molar refractivity (Wildman–Crippen MR) is 115 cm³/mol. The number of hydrogen-bond acceptors (Lipinski definition) is 5. The van der Waals surface area contributed by atoms with Gasteiger partial charge in [-0.3, -0.25) is 4.79 Å². The van der Waals surface area contributed by atoms with Crippen LogP contribution in [-0.4, -0.2) is 17.4 Å². The molecular weight excluding hydrogens is 405 g/mol. The maximum Gasteiger partial charge on any atom is 0.230 e. The lowest BCUT2D eigenvalue weighted by molar-refractivity contribution is -0.115.